The van der Waals surface area contributed by atoms with Crippen LogP contribution >= 0.6 is 0 Å². The van der Waals surface area contributed by atoms with Crippen molar-refractivity contribution in [2.24, 2.45) is 0 Å². The number of amides is 2. The number of ether oxygens (including phenoxy) is 1. The van der Waals surface area contributed by atoms with Crippen LogP contribution in [0.4, 0.5) is 5.69 Å². The van der Waals surface area contributed by atoms with Crippen LogP contribution in [0.3, 0.4) is 0 Å². The summed E-state index contributed by atoms with van der Waals surface area (Å²) in [4.78, 5) is 56.7. The van der Waals surface area contributed by atoms with E-state index in [1.807, 2.05) is 18.2 Å². The van der Waals surface area contributed by atoms with Crippen LogP contribution in [0, 0.1) is 0 Å². The van der Waals surface area contributed by atoms with Crippen LogP contribution in [0.2, 0.25) is 0 Å². The number of carbonyl (C=O) groups excluding carboxylic acids is 3. The van der Waals surface area contributed by atoms with Gasteiger partial charge in [-0.25, -0.2) is 4.98 Å². The first kappa shape index (κ1) is 24.7. The normalized spacial score (nSPS) is 15.1. The number of carboxylic acid groups (broad SMARTS) is 1. The summed E-state index contributed by atoms with van der Waals surface area (Å²) in [5.41, 5.74) is 4.25. The maximum atomic E-state index is 12.9. The third-order valence-corrected chi connectivity index (χ3v) is 5.90. The van der Waals surface area contributed by atoms with Crippen molar-refractivity contribution in [3.05, 3.63) is 58.9 Å². The molecule has 2 aromatic carbocycles. The number of anilines is 1. The van der Waals surface area contributed by atoms with Crippen LogP contribution < -0.4 is 10.6 Å². The quantitative estimate of drug-likeness (QED) is 0.347. The van der Waals surface area contributed by atoms with E-state index >= 15 is 0 Å². The molecule has 0 spiro atoms. The van der Waals surface area contributed by atoms with Crippen LogP contribution in [0.15, 0.2) is 36.4 Å². The molecule has 4 rings (SSSR count). The first-order chi connectivity index (χ1) is 17.2. The van der Waals surface area contributed by atoms with Crippen LogP contribution in [0.25, 0.3) is 11.0 Å². The molecule has 3 aromatic rings. The van der Waals surface area contributed by atoms with Crippen LogP contribution in [-0.2, 0) is 38.6 Å². The highest BCUT2D eigenvalue weighted by atomic mass is 16.5. The summed E-state index contributed by atoms with van der Waals surface area (Å²) in [7, 11) is 1.60. The molecule has 2 heterocycles. The molecule has 36 heavy (non-hydrogen) atoms. The van der Waals surface area contributed by atoms with Gasteiger partial charge in [0.05, 0.1) is 30.6 Å². The Morgan fingerprint density at radius 2 is 2.06 bits per heavy atom. The van der Waals surface area contributed by atoms with Gasteiger partial charge in [0.2, 0.25) is 5.91 Å². The maximum Gasteiger partial charge on any atom is 0.305 e. The number of fused-ring (bicyclic) bond motifs is 2. The number of benzene rings is 2. The SMILES string of the molecule is CC(=O)OCCc1cccc2[nH]c(CNC(=O)c3ccc4c(c3)CN(C)C(=O)[C@H](CC(=O)O)N4)nc12. The van der Waals surface area contributed by atoms with Crippen molar-refractivity contribution in [3.63, 3.8) is 0 Å². The number of aromatic amines is 1. The van der Waals surface area contributed by atoms with Gasteiger partial charge < -0.3 is 30.4 Å². The van der Waals surface area contributed by atoms with Crippen molar-refractivity contribution in [1.29, 1.82) is 0 Å². The molecule has 0 aliphatic carbocycles. The Kier molecular flexibility index (Phi) is 7.18. The van der Waals surface area contributed by atoms with Gasteiger partial charge in [-0.05, 0) is 35.4 Å². The summed E-state index contributed by atoms with van der Waals surface area (Å²) in [5.74, 6) is -1.46. The second-order valence-electron chi connectivity index (χ2n) is 8.63. The predicted molar refractivity (Wildman–Crippen MR) is 130 cm³/mol. The van der Waals surface area contributed by atoms with Crippen LogP contribution in [0.5, 0.6) is 0 Å². The molecule has 11 heteroatoms. The van der Waals surface area contributed by atoms with Gasteiger partial charge in [-0.3, -0.25) is 19.2 Å². The molecule has 2 amide bonds. The predicted octanol–water partition coefficient (Wildman–Crippen LogP) is 1.83. The van der Waals surface area contributed by atoms with E-state index in [-0.39, 0.29) is 43.9 Å². The standard InChI is InChI=1S/C25H27N5O6/c1-14(31)36-9-8-15-4-3-5-19-23(15)29-21(28-19)12-26-24(34)16-6-7-18-17(10-16)13-30(2)25(35)20(27-18)11-22(32)33/h3-7,10,20,27H,8-9,11-13H2,1-2H3,(H,26,34)(H,28,29)(H,32,33)/t20-/m0/s1. The van der Waals surface area contributed by atoms with E-state index in [9.17, 15) is 19.2 Å². The monoisotopic (exact) mass is 493 g/mol. The number of hydrogen-bond donors (Lipinski definition) is 4. The van der Waals surface area contributed by atoms with E-state index in [4.69, 9.17) is 9.84 Å². The highest BCUT2D eigenvalue weighted by molar-refractivity contribution is 5.96. The molecular formula is C25H27N5O6. The summed E-state index contributed by atoms with van der Waals surface area (Å²) in [6, 6.07) is 9.82. The van der Waals surface area contributed by atoms with Crippen molar-refractivity contribution in [2.45, 2.75) is 38.9 Å². The second kappa shape index (κ2) is 10.5. The number of nitrogens with one attached hydrogen (secondary N) is 3. The molecule has 4 N–H and O–H groups in total. The number of esters is 1. The van der Waals surface area contributed by atoms with E-state index in [1.54, 1.807) is 25.2 Å². The number of aliphatic carboxylic acids is 1. The largest absolute Gasteiger partial charge is 0.481 e. The molecule has 0 saturated heterocycles. The summed E-state index contributed by atoms with van der Waals surface area (Å²) in [5, 5.41) is 14.9. The fourth-order valence-corrected chi connectivity index (χ4v) is 4.17. The Hall–Kier alpha value is -4.41. The molecule has 0 saturated carbocycles. The van der Waals surface area contributed by atoms with Gasteiger partial charge in [0.1, 0.15) is 11.9 Å². The number of rotatable bonds is 8. The zero-order valence-corrected chi connectivity index (χ0v) is 20.0. The van der Waals surface area contributed by atoms with Crippen molar-refractivity contribution in [2.75, 3.05) is 19.0 Å². The third-order valence-electron chi connectivity index (χ3n) is 5.90. The van der Waals surface area contributed by atoms with Crippen molar-refractivity contribution in [3.8, 4) is 0 Å². The number of carbonyl (C=O) groups is 4. The zero-order valence-electron chi connectivity index (χ0n) is 20.0. The molecule has 0 radical (unpaired) electrons. The minimum Gasteiger partial charge on any atom is -0.481 e. The Labute approximate surface area is 206 Å². The highest BCUT2D eigenvalue weighted by Gasteiger charge is 2.29. The van der Waals surface area contributed by atoms with E-state index < -0.39 is 12.0 Å². The molecule has 1 aliphatic heterocycles. The average molecular weight is 494 g/mol. The molecule has 0 unspecified atom stereocenters. The lowest BCUT2D eigenvalue weighted by Gasteiger charge is -2.19. The molecule has 11 nitrogen and oxygen atoms in total. The topological polar surface area (TPSA) is 154 Å². The second-order valence-corrected chi connectivity index (χ2v) is 8.63. The van der Waals surface area contributed by atoms with Crippen molar-refractivity contribution in [1.82, 2.24) is 20.2 Å². The van der Waals surface area contributed by atoms with Crippen LogP contribution in [-0.4, -0.2) is 63.4 Å². The Bertz CT molecular complexity index is 1330. The smallest absolute Gasteiger partial charge is 0.305 e. The molecule has 0 bridgehead atoms. The third kappa shape index (κ3) is 5.62. The van der Waals surface area contributed by atoms with E-state index in [0.717, 1.165) is 16.6 Å². The summed E-state index contributed by atoms with van der Waals surface area (Å²) >= 11 is 0. The zero-order chi connectivity index (χ0) is 25.8. The van der Waals surface area contributed by atoms with Crippen molar-refractivity contribution >= 4 is 40.5 Å². The number of imidazole rings is 1. The van der Waals surface area contributed by atoms with Gasteiger partial charge in [0.15, 0.2) is 0 Å². The fraction of sp³-hybridized carbons (Fsp3) is 0.320. The minimum absolute atomic E-state index is 0.172. The molecule has 1 aromatic heterocycles. The highest BCUT2D eigenvalue weighted by Crippen LogP contribution is 2.25. The van der Waals surface area contributed by atoms with Gasteiger partial charge >= 0.3 is 11.9 Å². The van der Waals surface area contributed by atoms with Crippen molar-refractivity contribution < 1.29 is 29.0 Å². The Morgan fingerprint density at radius 1 is 1.25 bits per heavy atom. The Balaban J connectivity index is 1.44. The first-order valence-electron chi connectivity index (χ1n) is 11.5. The lowest BCUT2D eigenvalue weighted by atomic mass is 10.1. The fourth-order valence-electron chi connectivity index (χ4n) is 4.17. The Morgan fingerprint density at radius 3 is 2.81 bits per heavy atom. The van der Waals surface area contributed by atoms with E-state index in [2.05, 4.69) is 20.6 Å². The number of hydrogen-bond acceptors (Lipinski definition) is 7. The molecular weight excluding hydrogens is 466 g/mol. The number of likely N-dealkylation sites (N-methyl/N-ethyl adjacent to an activating group) is 1. The number of aromatic nitrogens is 2. The molecule has 188 valence electrons. The number of nitrogens with zero attached hydrogens (tertiary/aromatic N) is 2. The number of para-hydroxylation sites is 1. The lowest BCUT2D eigenvalue weighted by Crippen LogP contribution is -2.39. The van der Waals surface area contributed by atoms with Gasteiger partial charge in [0.25, 0.3) is 5.91 Å². The van der Waals surface area contributed by atoms with Gasteiger partial charge in [-0.2, -0.15) is 0 Å². The molecule has 1 aliphatic rings. The summed E-state index contributed by atoms with van der Waals surface area (Å²) in [6.07, 6.45) is 0.189. The van der Waals surface area contributed by atoms with Crippen LogP contribution in [0.1, 0.15) is 40.7 Å². The maximum absolute atomic E-state index is 12.9. The first-order valence-corrected chi connectivity index (χ1v) is 11.5. The van der Waals surface area contributed by atoms with E-state index in [1.165, 1.54) is 11.8 Å². The molecule has 1 atom stereocenters. The number of H-pyrrole nitrogens is 1. The summed E-state index contributed by atoms with van der Waals surface area (Å²) in [6.45, 7) is 2.05. The van der Waals surface area contributed by atoms with E-state index in [0.29, 0.717) is 29.1 Å². The average Bonchev–Trinajstić information content (AvgIpc) is 3.21. The number of carboxylic acids is 1. The minimum atomic E-state index is -1.07. The van der Waals surface area contributed by atoms with Gasteiger partial charge in [-0.1, -0.05) is 12.1 Å². The lowest BCUT2D eigenvalue weighted by molar-refractivity contribution is -0.141. The molecule has 0 fully saturated rings. The van der Waals surface area contributed by atoms with Gasteiger partial charge in [0, 0.05) is 38.2 Å². The van der Waals surface area contributed by atoms with Gasteiger partial charge in [-0.15, -0.1) is 0 Å². The summed E-state index contributed by atoms with van der Waals surface area (Å²) < 4.78 is 5.03.